The van der Waals surface area contributed by atoms with E-state index in [0.717, 1.165) is 11.1 Å². The van der Waals surface area contributed by atoms with E-state index < -0.39 is 12.0 Å². The lowest BCUT2D eigenvalue weighted by Crippen LogP contribution is -2.30. The molecule has 6 nitrogen and oxygen atoms in total. The number of nitrogens with two attached hydrogens (primary N) is 1. The predicted molar refractivity (Wildman–Crippen MR) is 106 cm³/mol. The van der Waals surface area contributed by atoms with Crippen LogP contribution in [0.1, 0.15) is 23.7 Å². The number of nitrogens with zero attached hydrogens (tertiary/aromatic N) is 2. The zero-order valence-electron chi connectivity index (χ0n) is 15.3. The zero-order valence-corrected chi connectivity index (χ0v) is 16.1. The number of hydrogen-bond donors (Lipinski definition) is 1. The van der Waals surface area contributed by atoms with E-state index >= 15 is 0 Å². The minimum Gasteiger partial charge on any atom is -0.485 e. The molecule has 0 radical (unpaired) electrons. The van der Waals surface area contributed by atoms with Gasteiger partial charge in [-0.05, 0) is 30.2 Å². The molecule has 0 aliphatic rings. The van der Waals surface area contributed by atoms with E-state index in [2.05, 4.69) is 9.97 Å². The molecule has 1 atom stereocenters. The molecule has 3 aromatic rings. The van der Waals surface area contributed by atoms with Gasteiger partial charge in [0.15, 0.2) is 22.8 Å². The first kappa shape index (κ1) is 19.6. The van der Waals surface area contributed by atoms with Crippen molar-refractivity contribution >= 4 is 17.5 Å². The Kier molecular flexibility index (Phi) is 6.45. The van der Waals surface area contributed by atoms with Crippen LogP contribution in [0.3, 0.4) is 0 Å². The van der Waals surface area contributed by atoms with Crippen LogP contribution in [0.25, 0.3) is 0 Å². The largest absolute Gasteiger partial charge is 0.485 e. The van der Waals surface area contributed by atoms with Crippen molar-refractivity contribution in [3.63, 3.8) is 0 Å². The smallest absolute Gasteiger partial charge is 0.258 e. The van der Waals surface area contributed by atoms with Crippen LogP contribution < -0.4 is 15.2 Å². The van der Waals surface area contributed by atoms with Crippen LogP contribution in [0.4, 0.5) is 0 Å². The van der Waals surface area contributed by atoms with E-state index in [1.54, 1.807) is 25.4 Å². The zero-order chi connectivity index (χ0) is 19.9. The van der Waals surface area contributed by atoms with Gasteiger partial charge in [-0.15, -0.1) is 0 Å². The lowest BCUT2D eigenvalue weighted by molar-refractivity contribution is -0.124. The number of carbonyl (C=O) groups is 1. The van der Waals surface area contributed by atoms with Crippen molar-refractivity contribution in [3.8, 4) is 11.5 Å². The van der Waals surface area contributed by atoms with Crippen LogP contribution in [0, 0.1) is 0 Å². The Hall–Kier alpha value is -3.12. The van der Waals surface area contributed by atoms with E-state index in [0.29, 0.717) is 35.4 Å². The fourth-order valence-electron chi connectivity index (χ4n) is 2.52. The molecule has 28 heavy (non-hydrogen) atoms. The highest BCUT2D eigenvalue weighted by molar-refractivity contribution is 6.30. The molecular formula is C21H20ClN3O3. The first-order valence-electron chi connectivity index (χ1n) is 8.74. The molecular weight excluding hydrogens is 378 g/mol. The summed E-state index contributed by atoms with van der Waals surface area (Å²) in [5.41, 5.74) is 7.91. The topological polar surface area (TPSA) is 87.3 Å². The highest BCUT2D eigenvalue weighted by Crippen LogP contribution is 2.31. The van der Waals surface area contributed by atoms with Gasteiger partial charge >= 0.3 is 0 Å². The Morgan fingerprint density at radius 2 is 1.82 bits per heavy atom. The summed E-state index contributed by atoms with van der Waals surface area (Å²) >= 11 is 6.11. The third kappa shape index (κ3) is 5.20. The van der Waals surface area contributed by atoms with Crippen molar-refractivity contribution in [2.75, 3.05) is 0 Å². The highest BCUT2D eigenvalue weighted by atomic mass is 35.5. The summed E-state index contributed by atoms with van der Waals surface area (Å²) in [5.74, 6) is 0.398. The Morgan fingerprint density at radius 3 is 2.54 bits per heavy atom. The van der Waals surface area contributed by atoms with E-state index in [-0.39, 0.29) is 0 Å². The van der Waals surface area contributed by atoms with E-state index in [9.17, 15) is 4.79 Å². The summed E-state index contributed by atoms with van der Waals surface area (Å²) < 4.78 is 11.6. The number of ether oxygens (including phenoxy) is 2. The van der Waals surface area contributed by atoms with Crippen molar-refractivity contribution in [1.29, 1.82) is 0 Å². The van der Waals surface area contributed by atoms with Gasteiger partial charge in [0.05, 0.1) is 5.69 Å². The third-order valence-corrected chi connectivity index (χ3v) is 4.36. The maximum Gasteiger partial charge on any atom is 0.258 e. The maximum absolute atomic E-state index is 11.4. The first-order valence-corrected chi connectivity index (χ1v) is 9.11. The van der Waals surface area contributed by atoms with Gasteiger partial charge in [-0.25, -0.2) is 4.98 Å². The molecule has 2 aromatic carbocycles. The van der Waals surface area contributed by atoms with Crippen LogP contribution in [0.15, 0.2) is 60.9 Å². The molecule has 1 heterocycles. The number of primary amides is 1. The van der Waals surface area contributed by atoms with Crippen molar-refractivity contribution in [1.82, 2.24) is 9.97 Å². The molecule has 0 aliphatic heterocycles. The molecule has 1 amide bonds. The van der Waals surface area contributed by atoms with Gasteiger partial charge in [0.25, 0.3) is 5.91 Å². The van der Waals surface area contributed by atoms with Crippen LogP contribution in [0.5, 0.6) is 11.5 Å². The second-order valence-electron chi connectivity index (χ2n) is 6.19. The summed E-state index contributed by atoms with van der Waals surface area (Å²) in [6.45, 7) is 1.95. The molecule has 1 unspecified atom stereocenters. The van der Waals surface area contributed by atoms with Crippen molar-refractivity contribution in [2.45, 2.75) is 26.1 Å². The molecule has 0 spiro atoms. The lowest BCUT2D eigenvalue weighted by Gasteiger charge is -2.17. The normalized spacial score (nSPS) is 11.6. The molecule has 0 saturated heterocycles. The van der Waals surface area contributed by atoms with Crippen LogP contribution in [-0.2, 0) is 17.8 Å². The lowest BCUT2D eigenvalue weighted by atomic mass is 10.1. The van der Waals surface area contributed by atoms with Crippen molar-refractivity contribution in [3.05, 3.63) is 82.9 Å². The van der Waals surface area contributed by atoms with Gasteiger partial charge in [-0.1, -0.05) is 48.0 Å². The minimum atomic E-state index is -0.778. The van der Waals surface area contributed by atoms with Gasteiger partial charge in [0, 0.05) is 18.8 Å². The fourth-order valence-corrected chi connectivity index (χ4v) is 2.69. The van der Waals surface area contributed by atoms with E-state index in [1.165, 1.54) is 0 Å². The van der Waals surface area contributed by atoms with Gasteiger partial charge in [-0.2, -0.15) is 0 Å². The number of halogens is 1. The monoisotopic (exact) mass is 397 g/mol. The van der Waals surface area contributed by atoms with Crippen LogP contribution in [0.2, 0.25) is 5.15 Å². The summed E-state index contributed by atoms with van der Waals surface area (Å²) in [5, 5.41) is 0.358. The van der Waals surface area contributed by atoms with Gasteiger partial charge in [0.1, 0.15) is 6.61 Å². The molecule has 0 bridgehead atoms. The molecule has 1 aromatic heterocycles. The molecule has 7 heteroatoms. The Labute approximate surface area is 168 Å². The number of rotatable bonds is 8. The van der Waals surface area contributed by atoms with Crippen LogP contribution in [-0.4, -0.2) is 22.0 Å². The van der Waals surface area contributed by atoms with Gasteiger partial charge in [-0.3, -0.25) is 9.78 Å². The van der Waals surface area contributed by atoms with E-state index in [1.807, 2.05) is 42.5 Å². The second kappa shape index (κ2) is 9.19. The molecule has 0 saturated carbocycles. The van der Waals surface area contributed by atoms with Gasteiger partial charge in [0.2, 0.25) is 0 Å². The molecule has 0 fully saturated rings. The number of amides is 1. The Morgan fingerprint density at radius 1 is 1.07 bits per heavy atom. The number of benzene rings is 2. The molecule has 144 valence electrons. The van der Waals surface area contributed by atoms with Gasteiger partial charge < -0.3 is 15.2 Å². The third-order valence-electron chi connectivity index (χ3n) is 4.04. The summed E-state index contributed by atoms with van der Waals surface area (Å²) in [4.78, 5) is 19.7. The maximum atomic E-state index is 11.4. The fraction of sp³-hybridized carbons (Fsp3) is 0.190. The second-order valence-corrected chi connectivity index (χ2v) is 6.55. The molecule has 2 N–H and O–H groups in total. The quantitative estimate of drug-likeness (QED) is 0.628. The molecule has 0 aliphatic carbocycles. The number of carbonyl (C=O) groups excluding carboxylic acids is 1. The van der Waals surface area contributed by atoms with Crippen molar-refractivity contribution in [2.24, 2.45) is 5.73 Å². The summed E-state index contributed by atoms with van der Waals surface area (Å²) in [7, 11) is 0. The Bertz CT molecular complexity index is 951. The average Bonchev–Trinajstić information content (AvgIpc) is 2.70. The average molecular weight is 398 g/mol. The predicted octanol–water partition coefficient (Wildman–Crippen LogP) is 3.55. The highest BCUT2D eigenvalue weighted by Gasteiger charge is 2.15. The first-order chi connectivity index (χ1) is 13.5. The summed E-state index contributed by atoms with van der Waals surface area (Å²) in [6, 6.07) is 15.2. The summed E-state index contributed by atoms with van der Waals surface area (Å²) in [6.07, 6.45) is 2.85. The number of hydrogen-bond acceptors (Lipinski definition) is 5. The Balaban J connectivity index is 1.84. The SMILES string of the molecule is CC(Oc1ccc(Cc2nccnc2Cl)cc1OCc1ccccc1)C(N)=O. The minimum absolute atomic E-state index is 0.358. The van der Waals surface area contributed by atoms with E-state index in [4.69, 9.17) is 26.8 Å². The standard InChI is InChI=1S/C21H20ClN3O3/c1-14(21(23)26)28-18-8-7-16(11-17-20(22)25-10-9-24-17)12-19(18)27-13-15-5-3-2-4-6-15/h2-10,12,14H,11,13H2,1H3,(H2,23,26). The number of aromatic nitrogens is 2. The van der Waals surface area contributed by atoms with Crippen LogP contribution >= 0.6 is 11.6 Å². The van der Waals surface area contributed by atoms with Crippen molar-refractivity contribution < 1.29 is 14.3 Å². The molecule has 3 rings (SSSR count).